The van der Waals surface area contributed by atoms with E-state index in [0.29, 0.717) is 17.3 Å². The number of anilines is 2. The number of hydrogen-bond donors (Lipinski definition) is 2. The lowest BCUT2D eigenvalue weighted by molar-refractivity contribution is 0.0500. The maximum absolute atomic E-state index is 11.9. The Morgan fingerprint density at radius 1 is 1.45 bits per heavy atom. The fourth-order valence-corrected chi connectivity index (χ4v) is 2.78. The second-order valence-electron chi connectivity index (χ2n) is 6.63. The molecule has 0 aliphatic carbocycles. The average molecular weight is 326 g/mol. The molecule has 1 atom stereocenters. The smallest absolute Gasteiger partial charge is 0.407 e. The molecule has 1 unspecified atom stereocenters. The molecule has 0 aromatic heterocycles. The molecule has 122 valence electrons. The molecule has 1 aromatic carbocycles. The first-order chi connectivity index (χ1) is 10.2. The third kappa shape index (κ3) is 4.70. The van der Waals surface area contributed by atoms with E-state index in [2.05, 4.69) is 10.2 Å². The lowest BCUT2D eigenvalue weighted by Gasteiger charge is -2.35. The van der Waals surface area contributed by atoms with Crippen molar-refractivity contribution >= 4 is 29.1 Å². The van der Waals surface area contributed by atoms with Gasteiger partial charge >= 0.3 is 6.09 Å². The highest BCUT2D eigenvalue weighted by molar-refractivity contribution is 6.31. The van der Waals surface area contributed by atoms with Crippen LogP contribution in [0.1, 0.15) is 33.6 Å². The fourth-order valence-electron chi connectivity index (χ4n) is 2.60. The predicted molar refractivity (Wildman–Crippen MR) is 90.5 cm³/mol. The molecule has 1 aromatic rings. The van der Waals surface area contributed by atoms with Crippen LogP contribution in [0.15, 0.2) is 18.2 Å². The maximum Gasteiger partial charge on any atom is 0.407 e. The third-order valence-electron chi connectivity index (χ3n) is 3.47. The van der Waals surface area contributed by atoms with Crippen LogP contribution in [-0.4, -0.2) is 30.8 Å². The number of amides is 1. The second kappa shape index (κ2) is 6.65. The lowest BCUT2D eigenvalue weighted by Crippen LogP contribution is -2.49. The van der Waals surface area contributed by atoms with E-state index in [1.54, 1.807) is 6.07 Å². The molecule has 1 saturated heterocycles. The van der Waals surface area contributed by atoms with Crippen molar-refractivity contribution in [2.24, 2.45) is 0 Å². The van der Waals surface area contributed by atoms with Crippen molar-refractivity contribution < 1.29 is 9.53 Å². The van der Waals surface area contributed by atoms with E-state index in [1.807, 2.05) is 32.9 Å². The van der Waals surface area contributed by atoms with Gasteiger partial charge < -0.3 is 20.7 Å². The van der Waals surface area contributed by atoms with E-state index in [0.717, 1.165) is 25.1 Å². The van der Waals surface area contributed by atoms with Crippen molar-refractivity contribution in [3.05, 3.63) is 23.2 Å². The summed E-state index contributed by atoms with van der Waals surface area (Å²) in [6.07, 6.45) is 1.55. The molecule has 1 aliphatic rings. The Morgan fingerprint density at radius 2 is 2.18 bits per heavy atom. The molecule has 0 bridgehead atoms. The molecule has 5 nitrogen and oxygen atoms in total. The van der Waals surface area contributed by atoms with Gasteiger partial charge in [0.2, 0.25) is 0 Å². The average Bonchev–Trinajstić information content (AvgIpc) is 2.36. The summed E-state index contributed by atoms with van der Waals surface area (Å²) >= 11 is 5.94. The molecule has 0 spiro atoms. The zero-order valence-electron chi connectivity index (χ0n) is 13.4. The van der Waals surface area contributed by atoms with Gasteiger partial charge in [-0.25, -0.2) is 4.79 Å². The van der Waals surface area contributed by atoms with Crippen molar-refractivity contribution in [1.29, 1.82) is 0 Å². The predicted octanol–water partition coefficient (Wildman–Crippen LogP) is 3.42. The first-order valence-corrected chi connectivity index (χ1v) is 7.92. The highest BCUT2D eigenvalue weighted by Gasteiger charge is 2.25. The molecule has 1 fully saturated rings. The summed E-state index contributed by atoms with van der Waals surface area (Å²) < 4.78 is 5.31. The minimum Gasteiger partial charge on any atom is -0.444 e. The molecular formula is C16H24ClN3O2. The van der Waals surface area contributed by atoms with Crippen LogP contribution < -0.4 is 16.0 Å². The number of carbonyl (C=O) groups is 1. The summed E-state index contributed by atoms with van der Waals surface area (Å²) in [7, 11) is 0. The van der Waals surface area contributed by atoms with Crippen LogP contribution in [0.5, 0.6) is 0 Å². The fraction of sp³-hybridized carbons (Fsp3) is 0.562. The molecule has 6 heteroatoms. The number of nitrogens with zero attached hydrogens (tertiary/aromatic N) is 1. The van der Waals surface area contributed by atoms with Crippen LogP contribution >= 0.6 is 11.6 Å². The lowest BCUT2D eigenvalue weighted by atomic mass is 10.0. The molecule has 1 aliphatic heterocycles. The normalized spacial score (nSPS) is 18.9. The molecule has 0 radical (unpaired) electrons. The Labute approximate surface area is 136 Å². The highest BCUT2D eigenvalue weighted by atomic mass is 35.5. The minimum absolute atomic E-state index is 0.0543. The Hall–Kier alpha value is -1.62. The molecular weight excluding hydrogens is 302 g/mol. The van der Waals surface area contributed by atoms with E-state index >= 15 is 0 Å². The molecule has 1 amide bonds. The Morgan fingerprint density at radius 3 is 2.82 bits per heavy atom. The number of piperidine rings is 1. The molecule has 0 saturated carbocycles. The maximum atomic E-state index is 11.9. The van der Waals surface area contributed by atoms with E-state index in [4.69, 9.17) is 22.1 Å². The van der Waals surface area contributed by atoms with Gasteiger partial charge in [0.1, 0.15) is 5.60 Å². The summed E-state index contributed by atoms with van der Waals surface area (Å²) in [6.45, 7) is 7.19. The van der Waals surface area contributed by atoms with Crippen LogP contribution in [0.4, 0.5) is 16.2 Å². The molecule has 22 heavy (non-hydrogen) atoms. The number of nitrogens with one attached hydrogen (secondary N) is 1. The summed E-state index contributed by atoms with van der Waals surface area (Å²) in [6, 6.07) is 5.56. The number of nitrogens with two attached hydrogens (primary N) is 1. The van der Waals surface area contributed by atoms with Gasteiger partial charge in [0.05, 0.1) is 11.4 Å². The molecule has 1 heterocycles. The SMILES string of the molecule is CC(C)(C)OC(=O)NC1CCCN(c2ccc(Cl)cc2N)C1. The van der Waals surface area contributed by atoms with Crippen LogP contribution in [0, 0.1) is 0 Å². The van der Waals surface area contributed by atoms with Crippen LogP contribution in [-0.2, 0) is 4.74 Å². The molecule has 2 rings (SSSR count). The Bertz CT molecular complexity index is 543. The van der Waals surface area contributed by atoms with Gasteiger partial charge in [-0.05, 0) is 51.8 Å². The first-order valence-electron chi connectivity index (χ1n) is 7.54. The summed E-state index contributed by atoms with van der Waals surface area (Å²) in [4.78, 5) is 14.1. The van der Waals surface area contributed by atoms with E-state index in [-0.39, 0.29) is 12.1 Å². The van der Waals surface area contributed by atoms with Gasteiger partial charge in [-0.15, -0.1) is 0 Å². The van der Waals surface area contributed by atoms with E-state index in [1.165, 1.54) is 0 Å². The monoisotopic (exact) mass is 325 g/mol. The highest BCUT2D eigenvalue weighted by Crippen LogP contribution is 2.28. The Balaban J connectivity index is 1.98. The molecule has 3 N–H and O–H groups in total. The van der Waals surface area contributed by atoms with Gasteiger partial charge in [-0.2, -0.15) is 0 Å². The van der Waals surface area contributed by atoms with Crippen LogP contribution in [0.2, 0.25) is 5.02 Å². The number of rotatable bonds is 2. The van der Waals surface area contributed by atoms with E-state index < -0.39 is 5.60 Å². The zero-order valence-corrected chi connectivity index (χ0v) is 14.1. The number of halogens is 1. The van der Waals surface area contributed by atoms with Gasteiger partial charge in [-0.1, -0.05) is 11.6 Å². The first kappa shape index (κ1) is 16.7. The van der Waals surface area contributed by atoms with Crippen LogP contribution in [0.3, 0.4) is 0 Å². The minimum atomic E-state index is -0.487. The number of hydrogen-bond acceptors (Lipinski definition) is 4. The van der Waals surface area contributed by atoms with Crippen LogP contribution in [0.25, 0.3) is 0 Å². The topological polar surface area (TPSA) is 67.6 Å². The summed E-state index contributed by atoms with van der Waals surface area (Å²) in [5.74, 6) is 0. The second-order valence-corrected chi connectivity index (χ2v) is 7.07. The number of alkyl carbamates (subject to hydrolysis) is 1. The van der Waals surface area contributed by atoms with Gasteiger partial charge in [0.25, 0.3) is 0 Å². The number of ether oxygens (including phenoxy) is 1. The van der Waals surface area contributed by atoms with Crippen molar-refractivity contribution in [3.63, 3.8) is 0 Å². The third-order valence-corrected chi connectivity index (χ3v) is 3.71. The van der Waals surface area contributed by atoms with Gasteiger partial charge in [0, 0.05) is 24.2 Å². The van der Waals surface area contributed by atoms with Crippen molar-refractivity contribution in [2.45, 2.75) is 45.3 Å². The quantitative estimate of drug-likeness (QED) is 0.818. The van der Waals surface area contributed by atoms with Crippen molar-refractivity contribution in [2.75, 3.05) is 23.7 Å². The zero-order chi connectivity index (χ0) is 16.3. The number of benzene rings is 1. The standard InChI is InChI=1S/C16H24ClN3O2/c1-16(2,3)22-15(21)19-12-5-4-8-20(10-12)14-7-6-11(17)9-13(14)18/h6-7,9,12H,4-5,8,10,18H2,1-3H3,(H,19,21). The summed E-state index contributed by atoms with van der Waals surface area (Å²) in [5, 5.41) is 3.56. The van der Waals surface area contributed by atoms with E-state index in [9.17, 15) is 4.79 Å². The van der Waals surface area contributed by atoms with Gasteiger partial charge in [-0.3, -0.25) is 0 Å². The largest absolute Gasteiger partial charge is 0.444 e. The number of nitrogen functional groups attached to an aromatic ring is 1. The van der Waals surface area contributed by atoms with Gasteiger partial charge in [0.15, 0.2) is 0 Å². The Kier molecular flexibility index (Phi) is 5.06. The van der Waals surface area contributed by atoms with Crippen molar-refractivity contribution in [1.82, 2.24) is 5.32 Å². The van der Waals surface area contributed by atoms with Crippen molar-refractivity contribution in [3.8, 4) is 0 Å². The number of carbonyl (C=O) groups excluding carboxylic acids is 1. The summed E-state index contributed by atoms with van der Waals surface area (Å²) in [5.41, 5.74) is 7.17.